The highest BCUT2D eigenvalue weighted by Gasteiger charge is 2.09. The van der Waals surface area contributed by atoms with Crippen LogP contribution in [0.15, 0.2) is 41.3 Å². The van der Waals surface area contributed by atoms with Crippen molar-refractivity contribution in [2.45, 2.75) is 6.42 Å². The molecule has 2 rings (SSSR count). The smallest absolute Gasteiger partial charge is 0.270 e. The van der Waals surface area contributed by atoms with Crippen LogP contribution in [0.25, 0.3) is 0 Å². The van der Waals surface area contributed by atoms with E-state index in [0.29, 0.717) is 11.1 Å². The summed E-state index contributed by atoms with van der Waals surface area (Å²) in [5, 5.41) is 9.05. The zero-order chi connectivity index (χ0) is 11.4. The number of nitrogens with one attached hydrogen (secondary N) is 1. The van der Waals surface area contributed by atoms with Crippen molar-refractivity contribution in [1.82, 2.24) is 15.4 Å². The van der Waals surface area contributed by atoms with Gasteiger partial charge < -0.3 is 0 Å². The van der Waals surface area contributed by atoms with E-state index < -0.39 is 0 Å². The molecular weight excluding hydrogens is 206 g/mol. The highest BCUT2D eigenvalue weighted by Crippen LogP contribution is 2.03. The van der Waals surface area contributed by atoms with Crippen LogP contribution < -0.4 is 5.56 Å². The van der Waals surface area contributed by atoms with Gasteiger partial charge in [0.2, 0.25) is 0 Å². The lowest BCUT2D eigenvalue weighted by molar-refractivity contribution is 0.0992. The third-order valence-electron chi connectivity index (χ3n) is 2.16. The van der Waals surface area contributed by atoms with Crippen LogP contribution in [-0.2, 0) is 6.42 Å². The predicted molar refractivity (Wildman–Crippen MR) is 57.1 cm³/mol. The SMILES string of the molecule is O=C(Cc1cnn[nH]c1=O)c1ccccc1. The highest BCUT2D eigenvalue weighted by atomic mass is 16.1. The molecule has 1 N–H and O–H groups in total. The molecule has 0 aliphatic carbocycles. The van der Waals surface area contributed by atoms with Gasteiger partial charge in [0.05, 0.1) is 6.20 Å². The maximum atomic E-state index is 11.8. The third-order valence-corrected chi connectivity index (χ3v) is 2.16. The summed E-state index contributed by atoms with van der Waals surface area (Å²) in [6, 6.07) is 8.82. The molecule has 0 unspecified atom stereocenters. The van der Waals surface area contributed by atoms with Crippen LogP contribution in [0, 0.1) is 0 Å². The van der Waals surface area contributed by atoms with Gasteiger partial charge in [0.1, 0.15) is 0 Å². The van der Waals surface area contributed by atoms with E-state index >= 15 is 0 Å². The summed E-state index contributed by atoms with van der Waals surface area (Å²) in [7, 11) is 0. The minimum absolute atomic E-state index is 0.0366. The van der Waals surface area contributed by atoms with Crippen molar-refractivity contribution in [3.05, 3.63) is 58.0 Å². The van der Waals surface area contributed by atoms with Gasteiger partial charge >= 0.3 is 0 Å². The van der Waals surface area contributed by atoms with Crippen molar-refractivity contribution in [3.8, 4) is 0 Å². The molecule has 0 amide bonds. The van der Waals surface area contributed by atoms with Crippen LogP contribution in [0.2, 0.25) is 0 Å². The van der Waals surface area contributed by atoms with Gasteiger partial charge in [-0.15, -0.1) is 5.10 Å². The fourth-order valence-electron chi connectivity index (χ4n) is 1.33. The first kappa shape index (κ1) is 10.2. The molecular formula is C11H9N3O2. The number of hydrogen-bond donors (Lipinski definition) is 1. The Balaban J connectivity index is 2.21. The zero-order valence-corrected chi connectivity index (χ0v) is 8.38. The lowest BCUT2D eigenvalue weighted by Gasteiger charge is -1.99. The Labute approximate surface area is 91.1 Å². The standard InChI is InChI=1S/C11H9N3O2/c15-10(8-4-2-1-3-5-8)6-9-7-12-14-13-11(9)16/h1-5,7H,6H2,(H,12,13,16). The highest BCUT2D eigenvalue weighted by molar-refractivity contribution is 5.97. The van der Waals surface area contributed by atoms with E-state index in [1.807, 2.05) is 6.07 Å². The summed E-state index contributed by atoms with van der Waals surface area (Å²) in [6.45, 7) is 0. The van der Waals surface area contributed by atoms with Gasteiger partial charge in [-0.25, -0.2) is 5.10 Å². The van der Waals surface area contributed by atoms with Gasteiger partial charge in [0, 0.05) is 17.5 Å². The molecule has 80 valence electrons. The van der Waals surface area contributed by atoms with E-state index in [-0.39, 0.29) is 17.8 Å². The van der Waals surface area contributed by atoms with Crippen LogP contribution in [0.4, 0.5) is 0 Å². The molecule has 1 heterocycles. The minimum Gasteiger partial charge on any atom is -0.294 e. The molecule has 2 aromatic rings. The molecule has 0 bridgehead atoms. The number of Topliss-reactive ketones (excluding diaryl/α,β-unsaturated/α-hetero) is 1. The van der Waals surface area contributed by atoms with Crippen molar-refractivity contribution in [2.75, 3.05) is 0 Å². The van der Waals surface area contributed by atoms with Crippen LogP contribution in [0.1, 0.15) is 15.9 Å². The summed E-state index contributed by atoms with van der Waals surface area (Å²) in [5.41, 5.74) is 0.529. The molecule has 5 heteroatoms. The lowest BCUT2D eigenvalue weighted by atomic mass is 10.1. The number of nitrogens with zero attached hydrogens (tertiary/aromatic N) is 2. The fourth-order valence-corrected chi connectivity index (χ4v) is 1.33. The van der Waals surface area contributed by atoms with Crippen molar-refractivity contribution in [2.24, 2.45) is 0 Å². The summed E-state index contributed by atoms with van der Waals surface area (Å²) < 4.78 is 0. The second kappa shape index (κ2) is 4.48. The monoisotopic (exact) mass is 215 g/mol. The zero-order valence-electron chi connectivity index (χ0n) is 8.38. The Kier molecular flexibility index (Phi) is 2.86. The van der Waals surface area contributed by atoms with E-state index in [1.54, 1.807) is 24.3 Å². The summed E-state index contributed by atoms with van der Waals surface area (Å²) in [4.78, 5) is 23.0. The normalized spacial score (nSPS) is 10.0. The average molecular weight is 215 g/mol. The summed E-state index contributed by atoms with van der Waals surface area (Å²) >= 11 is 0. The molecule has 1 aromatic carbocycles. The number of H-pyrrole nitrogens is 1. The maximum absolute atomic E-state index is 11.8. The molecule has 0 atom stereocenters. The van der Waals surface area contributed by atoms with E-state index in [9.17, 15) is 9.59 Å². The first-order chi connectivity index (χ1) is 7.77. The Morgan fingerprint density at radius 1 is 1.25 bits per heavy atom. The van der Waals surface area contributed by atoms with Gasteiger partial charge in [-0.3, -0.25) is 9.59 Å². The molecule has 0 saturated heterocycles. The second-order valence-corrected chi connectivity index (χ2v) is 3.28. The number of benzene rings is 1. The Morgan fingerprint density at radius 2 is 2.00 bits per heavy atom. The Morgan fingerprint density at radius 3 is 2.69 bits per heavy atom. The van der Waals surface area contributed by atoms with Crippen LogP contribution in [0.5, 0.6) is 0 Å². The molecule has 16 heavy (non-hydrogen) atoms. The molecule has 0 aliphatic heterocycles. The number of hydrogen-bond acceptors (Lipinski definition) is 4. The van der Waals surface area contributed by atoms with Crippen molar-refractivity contribution >= 4 is 5.78 Å². The summed E-state index contributed by atoms with van der Waals surface area (Å²) in [5.74, 6) is -0.112. The Bertz CT molecular complexity index is 548. The number of aromatic amines is 1. The quantitative estimate of drug-likeness (QED) is 0.760. The number of aromatic nitrogens is 3. The van der Waals surface area contributed by atoms with E-state index in [4.69, 9.17) is 0 Å². The topological polar surface area (TPSA) is 75.7 Å². The summed E-state index contributed by atoms with van der Waals surface area (Å²) in [6.07, 6.45) is 1.34. The largest absolute Gasteiger partial charge is 0.294 e. The lowest BCUT2D eigenvalue weighted by Crippen LogP contribution is -2.18. The maximum Gasteiger partial charge on any atom is 0.270 e. The molecule has 0 aliphatic rings. The van der Waals surface area contributed by atoms with E-state index in [1.165, 1.54) is 6.20 Å². The minimum atomic E-state index is -0.376. The van der Waals surface area contributed by atoms with Gasteiger partial charge in [-0.05, 0) is 0 Å². The molecule has 5 nitrogen and oxygen atoms in total. The fraction of sp³-hybridized carbons (Fsp3) is 0.0909. The number of ketones is 1. The van der Waals surface area contributed by atoms with Crippen LogP contribution in [-0.4, -0.2) is 21.2 Å². The van der Waals surface area contributed by atoms with Gasteiger partial charge in [-0.2, -0.15) is 0 Å². The van der Waals surface area contributed by atoms with Gasteiger partial charge in [0.25, 0.3) is 5.56 Å². The number of carbonyl (C=O) groups is 1. The number of rotatable bonds is 3. The average Bonchev–Trinajstić information content (AvgIpc) is 2.33. The van der Waals surface area contributed by atoms with Crippen LogP contribution in [0.3, 0.4) is 0 Å². The van der Waals surface area contributed by atoms with Crippen molar-refractivity contribution in [3.63, 3.8) is 0 Å². The molecule has 0 radical (unpaired) electrons. The van der Waals surface area contributed by atoms with E-state index in [0.717, 1.165) is 0 Å². The molecule has 0 saturated carbocycles. The van der Waals surface area contributed by atoms with Crippen molar-refractivity contribution in [1.29, 1.82) is 0 Å². The third kappa shape index (κ3) is 2.20. The molecule has 0 spiro atoms. The second-order valence-electron chi connectivity index (χ2n) is 3.28. The van der Waals surface area contributed by atoms with Crippen LogP contribution >= 0.6 is 0 Å². The number of carbonyl (C=O) groups excluding carboxylic acids is 1. The molecule has 0 fully saturated rings. The Hall–Kier alpha value is -2.30. The molecule has 1 aromatic heterocycles. The van der Waals surface area contributed by atoms with E-state index in [2.05, 4.69) is 15.4 Å². The first-order valence-electron chi connectivity index (χ1n) is 4.75. The van der Waals surface area contributed by atoms with Crippen molar-refractivity contribution < 1.29 is 4.79 Å². The first-order valence-corrected chi connectivity index (χ1v) is 4.75. The predicted octanol–water partition coefficient (Wildman–Crippen LogP) is 0.590. The van der Waals surface area contributed by atoms with Gasteiger partial charge in [0.15, 0.2) is 5.78 Å². The van der Waals surface area contributed by atoms with Gasteiger partial charge in [-0.1, -0.05) is 35.5 Å².